The first kappa shape index (κ1) is 16.5. The van der Waals surface area contributed by atoms with Crippen LogP contribution in [-0.2, 0) is 14.4 Å². The lowest BCUT2D eigenvalue weighted by Gasteiger charge is -2.26. The Hall–Kier alpha value is -3.35. The summed E-state index contributed by atoms with van der Waals surface area (Å²) in [5.74, 6) is -0.562. The molecule has 0 saturated heterocycles. The molecule has 0 aromatic heterocycles. The van der Waals surface area contributed by atoms with Gasteiger partial charge in [-0.25, -0.2) is 0 Å². The highest BCUT2D eigenvalue weighted by Crippen LogP contribution is 2.26. The number of para-hydroxylation sites is 2. The smallest absolute Gasteiger partial charge is 0.308 e. The standard InChI is InChI=1S/C18H17N3O4/c1-11(22)25-13-8-6-12(7-9-13)19-17(23)10-16-18(24)21-15-5-3-2-4-14(15)20-16/h2-9,16,20H,10H2,1H3,(H,19,23)(H,21,24)/t16-/m0/s1. The third-order valence-corrected chi connectivity index (χ3v) is 3.62. The predicted molar refractivity (Wildman–Crippen MR) is 93.5 cm³/mol. The number of amides is 2. The van der Waals surface area contributed by atoms with Crippen LogP contribution in [0.3, 0.4) is 0 Å². The summed E-state index contributed by atoms with van der Waals surface area (Å²) in [6.45, 7) is 1.32. The van der Waals surface area contributed by atoms with Crippen LogP contribution in [0.5, 0.6) is 5.75 Å². The van der Waals surface area contributed by atoms with E-state index in [4.69, 9.17) is 4.74 Å². The average Bonchev–Trinajstić information content (AvgIpc) is 2.57. The predicted octanol–water partition coefficient (Wildman–Crippen LogP) is 2.37. The van der Waals surface area contributed by atoms with Crippen molar-refractivity contribution in [2.75, 3.05) is 16.0 Å². The fourth-order valence-electron chi connectivity index (χ4n) is 2.50. The molecule has 0 aliphatic carbocycles. The summed E-state index contributed by atoms with van der Waals surface area (Å²) in [4.78, 5) is 35.2. The molecule has 1 aliphatic rings. The fourth-order valence-corrected chi connectivity index (χ4v) is 2.50. The van der Waals surface area contributed by atoms with Gasteiger partial charge in [0, 0.05) is 12.6 Å². The van der Waals surface area contributed by atoms with Crippen LogP contribution >= 0.6 is 0 Å². The minimum absolute atomic E-state index is 0.00807. The molecule has 7 heteroatoms. The molecule has 1 aliphatic heterocycles. The number of hydrogen-bond acceptors (Lipinski definition) is 5. The largest absolute Gasteiger partial charge is 0.427 e. The summed E-state index contributed by atoms with van der Waals surface area (Å²) >= 11 is 0. The van der Waals surface area contributed by atoms with Gasteiger partial charge in [-0.05, 0) is 36.4 Å². The number of nitrogens with one attached hydrogen (secondary N) is 3. The zero-order valence-electron chi connectivity index (χ0n) is 13.5. The number of esters is 1. The average molecular weight is 339 g/mol. The van der Waals surface area contributed by atoms with Gasteiger partial charge in [-0.15, -0.1) is 0 Å². The maximum absolute atomic E-state index is 12.2. The van der Waals surface area contributed by atoms with E-state index in [9.17, 15) is 14.4 Å². The molecule has 1 atom stereocenters. The Bertz CT molecular complexity index is 817. The molecule has 7 nitrogen and oxygen atoms in total. The van der Waals surface area contributed by atoms with Gasteiger partial charge in [0.2, 0.25) is 11.8 Å². The third-order valence-electron chi connectivity index (χ3n) is 3.62. The zero-order chi connectivity index (χ0) is 17.8. The van der Waals surface area contributed by atoms with E-state index in [0.29, 0.717) is 17.1 Å². The van der Waals surface area contributed by atoms with Gasteiger partial charge in [0.1, 0.15) is 11.8 Å². The van der Waals surface area contributed by atoms with E-state index in [1.807, 2.05) is 18.2 Å². The first-order chi connectivity index (χ1) is 12.0. The van der Waals surface area contributed by atoms with Gasteiger partial charge in [-0.2, -0.15) is 0 Å². The molecular formula is C18H17N3O4. The van der Waals surface area contributed by atoms with Gasteiger partial charge in [0.25, 0.3) is 0 Å². The molecule has 2 amide bonds. The van der Waals surface area contributed by atoms with E-state index in [0.717, 1.165) is 5.69 Å². The molecular weight excluding hydrogens is 322 g/mol. The number of ether oxygens (including phenoxy) is 1. The maximum Gasteiger partial charge on any atom is 0.308 e. The number of anilines is 3. The van der Waals surface area contributed by atoms with Crippen molar-refractivity contribution < 1.29 is 19.1 Å². The molecule has 0 radical (unpaired) electrons. The van der Waals surface area contributed by atoms with E-state index in [1.54, 1.807) is 30.3 Å². The molecule has 2 aromatic carbocycles. The molecule has 0 unspecified atom stereocenters. The number of hydrogen-bond donors (Lipinski definition) is 3. The van der Waals surface area contributed by atoms with Gasteiger partial charge in [0.15, 0.2) is 0 Å². The number of rotatable bonds is 4. The quantitative estimate of drug-likeness (QED) is 0.587. The zero-order valence-corrected chi connectivity index (χ0v) is 13.5. The first-order valence-electron chi connectivity index (χ1n) is 7.76. The highest BCUT2D eigenvalue weighted by atomic mass is 16.5. The van der Waals surface area contributed by atoms with Crippen LogP contribution < -0.4 is 20.7 Å². The lowest BCUT2D eigenvalue weighted by atomic mass is 10.1. The second-order valence-electron chi connectivity index (χ2n) is 5.60. The van der Waals surface area contributed by atoms with E-state index < -0.39 is 12.0 Å². The van der Waals surface area contributed by atoms with Gasteiger partial charge in [-0.1, -0.05) is 12.1 Å². The van der Waals surface area contributed by atoms with E-state index in [2.05, 4.69) is 16.0 Å². The van der Waals surface area contributed by atoms with Crippen molar-refractivity contribution >= 4 is 34.8 Å². The molecule has 3 rings (SSSR count). The van der Waals surface area contributed by atoms with Gasteiger partial charge >= 0.3 is 5.97 Å². The molecule has 0 bridgehead atoms. The van der Waals surface area contributed by atoms with Crippen LogP contribution in [0.2, 0.25) is 0 Å². The normalized spacial score (nSPS) is 15.4. The second kappa shape index (κ2) is 7.04. The third kappa shape index (κ3) is 4.14. The van der Waals surface area contributed by atoms with Crippen molar-refractivity contribution in [2.24, 2.45) is 0 Å². The molecule has 3 N–H and O–H groups in total. The summed E-state index contributed by atoms with van der Waals surface area (Å²) in [6, 6.07) is 13.1. The number of carbonyl (C=O) groups excluding carboxylic acids is 3. The molecule has 0 fully saturated rings. The highest BCUT2D eigenvalue weighted by Gasteiger charge is 2.27. The molecule has 2 aromatic rings. The summed E-state index contributed by atoms with van der Waals surface area (Å²) < 4.78 is 4.93. The lowest BCUT2D eigenvalue weighted by molar-refractivity contribution is -0.131. The van der Waals surface area contributed by atoms with Crippen molar-refractivity contribution in [3.63, 3.8) is 0 Å². The fraction of sp³-hybridized carbons (Fsp3) is 0.167. The van der Waals surface area contributed by atoms with Crippen LogP contribution in [-0.4, -0.2) is 23.8 Å². The van der Waals surface area contributed by atoms with E-state index >= 15 is 0 Å². The Kier molecular flexibility index (Phi) is 4.65. The molecule has 0 saturated carbocycles. The summed E-state index contributed by atoms with van der Waals surface area (Å²) in [5, 5.41) is 8.55. The second-order valence-corrected chi connectivity index (χ2v) is 5.60. The summed E-state index contributed by atoms with van der Waals surface area (Å²) in [5.41, 5.74) is 2.04. The lowest BCUT2D eigenvalue weighted by Crippen LogP contribution is -2.41. The van der Waals surface area contributed by atoms with Gasteiger partial charge < -0.3 is 20.7 Å². The van der Waals surface area contributed by atoms with Crippen LogP contribution in [0, 0.1) is 0 Å². The minimum Gasteiger partial charge on any atom is -0.427 e. The Morgan fingerprint density at radius 3 is 2.44 bits per heavy atom. The molecule has 128 valence electrons. The van der Waals surface area contributed by atoms with Crippen molar-refractivity contribution in [1.82, 2.24) is 0 Å². The topological polar surface area (TPSA) is 96.5 Å². The summed E-state index contributed by atoms with van der Waals surface area (Å²) in [7, 11) is 0. The van der Waals surface area contributed by atoms with Crippen LogP contribution in [0.15, 0.2) is 48.5 Å². The maximum atomic E-state index is 12.2. The van der Waals surface area contributed by atoms with Gasteiger partial charge in [0.05, 0.1) is 17.8 Å². The van der Waals surface area contributed by atoms with Crippen molar-refractivity contribution in [2.45, 2.75) is 19.4 Å². The van der Waals surface area contributed by atoms with Crippen LogP contribution in [0.25, 0.3) is 0 Å². The number of benzene rings is 2. The van der Waals surface area contributed by atoms with Crippen molar-refractivity contribution in [1.29, 1.82) is 0 Å². The first-order valence-corrected chi connectivity index (χ1v) is 7.76. The number of fused-ring (bicyclic) bond motifs is 1. The van der Waals surface area contributed by atoms with Crippen molar-refractivity contribution in [3.8, 4) is 5.75 Å². The Morgan fingerprint density at radius 1 is 1.08 bits per heavy atom. The SMILES string of the molecule is CC(=O)Oc1ccc(NC(=O)C[C@@H]2Nc3ccccc3NC2=O)cc1. The van der Waals surface area contributed by atoms with Crippen molar-refractivity contribution in [3.05, 3.63) is 48.5 Å². The Labute approximate surface area is 144 Å². The molecule has 0 spiro atoms. The molecule has 1 heterocycles. The Morgan fingerprint density at radius 2 is 1.76 bits per heavy atom. The van der Waals surface area contributed by atoms with Crippen LogP contribution in [0.4, 0.5) is 17.1 Å². The Balaban J connectivity index is 1.59. The number of carbonyl (C=O) groups is 3. The minimum atomic E-state index is -0.643. The monoisotopic (exact) mass is 339 g/mol. The summed E-state index contributed by atoms with van der Waals surface area (Å²) in [6.07, 6.45) is -0.00807. The van der Waals surface area contributed by atoms with E-state index in [1.165, 1.54) is 6.92 Å². The van der Waals surface area contributed by atoms with E-state index in [-0.39, 0.29) is 18.2 Å². The van der Waals surface area contributed by atoms with Gasteiger partial charge in [-0.3, -0.25) is 14.4 Å². The highest BCUT2D eigenvalue weighted by molar-refractivity contribution is 6.06. The molecule has 25 heavy (non-hydrogen) atoms. The van der Waals surface area contributed by atoms with Crippen LogP contribution in [0.1, 0.15) is 13.3 Å².